The van der Waals surface area contributed by atoms with E-state index < -0.39 is 11.9 Å². The number of fused-ring (bicyclic) bond motifs is 1. The van der Waals surface area contributed by atoms with Crippen LogP contribution in [0.5, 0.6) is 5.75 Å². The summed E-state index contributed by atoms with van der Waals surface area (Å²) in [7, 11) is 0. The number of nitrogens with zero attached hydrogens (tertiary/aromatic N) is 1. The number of para-hydroxylation sites is 1. The number of benzene rings is 1. The standard InChI is InChI=1S/C21H22N2O5/c24-18(15-10-17(22-11-15)20(25)23-7-3-4-8-23)13-28-21(26)16-9-14-5-1-2-6-19(14)27-12-16/h1-2,5-6,10-11,16,22H,3-4,7-9,12-13H2/t16-/m0/s1. The Bertz CT molecular complexity index is 898. The van der Waals surface area contributed by atoms with Crippen molar-refractivity contribution < 1.29 is 23.9 Å². The number of Topliss-reactive ketones (excluding diaryl/α,β-unsaturated/α-hetero) is 1. The van der Waals surface area contributed by atoms with E-state index >= 15 is 0 Å². The van der Waals surface area contributed by atoms with Crippen molar-refractivity contribution in [1.29, 1.82) is 0 Å². The average molecular weight is 382 g/mol. The number of aromatic amines is 1. The van der Waals surface area contributed by atoms with Crippen molar-refractivity contribution in [3.8, 4) is 5.75 Å². The second-order valence-electron chi connectivity index (χ2n) is 7.15. The van der Waals surface area contributed by atoms with Gasteiger partial charge in [0.1, 0.15) is 18.1 Å². The number of hydrogen-bond donors (Lipinski definition) is 1. The summed E-state index contributed by atoms with van der Waals surface area (Å²) < 4.78 is 10.8. The third-order valence-electron chi connectivity index (χ3n) is 5.19. The molecule has 7 heteroatoms. The van der Waals surface area contributed by atoms with Crippen LogP contribution in [0.4, 0.5) is 0 Å². The fourth-order valence-corrected chi connectivity index (χ4v) is 3.59. The fraction of sp³-hybridized carbons (Fsp3) is 0.381. The zero-order valence-corrected chi connectivity index (χ0v) is 15.5. The van der Waals surface area contributed by atoms with Crippen molar-refractivity contribution in [3.05, 3.63) is 53.3 Å². The van der Waals surface area contributed by atoms with Gasteiger partial charge in [-0.1, -0.05) is 18.2 Å². The molecule has 4 rings (SSSR count). The zero-order valence-electron chi connectivity index (χ0n) is 15.5. The topological polar surface area (TPSA) is 88.7 Å². The molecule has 0 radical (unpaired) electrons. The lowest BCUT2D eigenvalue weighted by atomic mass is 9.97. The third-order valence-corrected chi connectivity index (χ3v) is 5.19. The van der Waals surface area contributed by atoms with Gasteiger partial charge in [-0.2, -0.15) is 0 Å². The van der Waals surface area contributed by atoms with E-state index in [1.165, 1.54) is 12.3 Å². The molecule has 2 aliphatic heterocycles. The highest BCUT2D eigenvalue weighted by molar-refractivity contribution is 6.01. The Morgan fingerprint density at radius 2 is 1.96 bits per heavy atom. The summed E-state index contributed by atoms with van der Waals surface area (Å²) in [5, 5.41) is 0. The van der Waals surface area contributed by atoms with Gasteiger partial charge in [-0.25, -0.2) is 0 Å². The van der Waals surface area contributed by atoms with Crippen LogP contribution in [0.1, 0.15) is 39.3 Å². The molecule has 1 N–H and O–H groups in total. The number of H-pyrrole nitrogens is 1. The molecule has 1 atom stereocenters. The highest BCUT2D eigenvalue weighted by atomic mass is 16.5. The average Bonchev–Trinajstić information content (AvgIpc) is 3.43. The molecule has 1 fully saturated rings. The van der Waals surface area contributed by atoms with Crippen LogP contribution in [0.15, 0.2) is 36.5 Å². The minimum Gasteiger partial charge on any atom is -0.492 e. The number of hydrogen-bond acceptors (Lipinski definition) is 5. The van der Waals surface area contributed by atoms with Gasteiger partial charge in [0.25, 0.3) is 5.91 Å². The van der Waals surface area contributed by atoms with E-state index in [4.69, 9.17) is 9.47 Å². The fourth-order valence-electron chi connectivity index (χ4n) is 3.59. The molecule has 0 unspecified atom stereocenters. The molecule has 2 aliphatic rings. The summed E-state index contributed by atoms with van der Waals surface area (Å²) in [4.78, 5) is 41.6. The monoisotopic (exact) mass is 382 g/mol. The molecule has 1 saturated heterocycles. The summed E-state index contributed by atoms with van der Waals surface area (Å²) in [5.41, 5.74) is 1.67. The molecular weight excluding hydrogens is 360 g/mol. The van der Waals surface area contributed by atoms with Gasteiger partial charge in [0, 0.05) is 24.8 Å². The molecule has 0 saturated carbocycles. The van der Waals surface area contributed by atoms with Gasteiger partial charge in [-0.05, 0) is 37.0 Å². The van der Waals surface area contributed by atoms with E-state index in [1.54, 1.807) is 4.90 Å². The number of rotatable bonds is 5. The first-order valence-corrected chi connectivity index (χ1v) is 9.50. The summed E-state index contributed by atoms with van der Waals surface area (Å²) >= 11 is 0. The first-order valence-electron chi connectivity index (χ1n) is 9.50. The summed E-state index contributed by atoms with van der Waals surface area (Å²) in [6.07, 6.45) is 4.02. The van der Waals surface area contributed by atoms with Crippen molar-refractivity contribution in [2.24, 2.45) is 5.92 Å². The van der Waals surface area contributed by atoms with E-state index in [1.807, 2.05) is 24.3 Å². The number of carbonyl (C=O) groups is 3. The highest BCUT2D eigenvalue weighted by Gasteiger charge is 2.28. The number of nitrogens with one attached hydrogen (secondary N) is 1. The molecule has 0 spiro atoms. The lowest BCUT2D eigenvalue weighted by Gasteiger charge is -2.23. The van der Waals surface area contributed by atoms with Gasteiger partial charge in [-0.3, -0.25) is 14.4 Å². The second-order valence-corrected chi connectivity index (χ2v) is 7.15. The number of ether oxygens (including phenoxy) is 2. The van der Waals surface area contributed by atoms with Crippen molar-refractivity contribution in [2.75, 3.05) is 26.3 Å². The van der Waals surface area contributed by atoms with Crippen LogP contribution in [-0.4, -0.2) is 53.8 Å². The number of esters is 1. The Labute approximate surface area is 162 Å². The van der Waals surface area contributed by atoms with Gasteiger partial charge in [-0.15, -0.1) is 0 Å². The zero-order chi connectivity index (χ0) is 19.5. The van der Waals surface area contributed by atoms with Crippen LogP contribution >= 0.6 is 0 Å². The van der Waals surface area contributed by atoms with Crippen molar-refractivity contribution in [1.82, 2.24) is 9.88 Å². The smallest absolute Gasteiger partial charge is 0.313 e. The van der Waals surface area contributed by atoms with Gasteiger partial charge in [0.05, 0.1) is 5.92 Å². The molecule has 7 nitrogen and oxygen atoms in total. The first-order chi connectivity index (χ1) is 13.6. The van der Waals surface area contributed by atoms with Crippen LogP contribution in [0.3, 0.4) is 0 Å². The van der Waals surface area contributed by atoms with Crippen LogP contribution in [0.25, 0.3) is 0 Å². The molecule has 1 aromatic carbocycles. The van der Waals surface area contributed by atoms with Gasteiger partial charge in [0.2, 0.25) is 5.78 Å². The molecule has 2 aromatic rings. The molecule has 1 amide bonds. The van der Waals surface area contributed by atoms with E-state index in [9.17, 15) is 14.4 Å². The molecule has 3 heterocycles. The van der Waals surface area contributed by atoms with Crippen molar-refractivity contribution >= 4 is 17.7 Å². The predicted octanol–water partition coefficient (Wildman–Crippen LogP) is 2.23. The Kier molecular flexibility index (Phi) is 5.14. The van der Waals surface area contributed by atoms with E-state index in [2.05, 4.69) is 4.98 Å². The van der Waals surface area contributed by atoms with Crippen LogP contribution in [-0.2, 0) is 16.0 Å². The molecule has 28 heavy (non-hydrogen) atoms. The van der Waals surface area contributed by atoms with Crippen LogP contribution in [0, 0.1) is 5.92 Å². The number of aromatic nitrogens is 1. The predicted molar refractivity (Wildman–Crippen MR) is 100 cm³/mol. The minimum absolute atomic E-state index is 0.105. The number of likely N-dealkylation sites (tertiary alicyclic amines) is 1. The maximum atomic E-state index is 12.3. The molecule has 1 aromatic heterocycles. The Balaban J connectivity index is 1.31. The van der Waals surface area contributed by atoms with Gasteiger partial charge >= 0.3 is 5.97 Å². The van der Waals surface area contributed by atoms with Crippen molar-refractivity contribution in [3.63, 3.8) is 0 Å². The maximum absolute atomic E-state index is 12.3. The number of amides is 1. The minimum atomic E-state index is -0.452. The molecule has 146 valence electrons. The highest BCUT2D eigenvalue weighted by Crippen LogP contribution is 2.27. The normalized spacial score (nSPS) is 18.3. The summed E-state index contributed by atoms with van der Waals surface area (Å²) in [6.45, 7) is 1.37. The number of carbonyl (C=O) groups excluding carboxylic acids is 3. The molecular formula is C21H22N2O5. The van der Waals surface area contributed by atoms with E-state index in [-0.39, 0.29) is 24.9 Å². The lowest BCUT2D eigenvalue weighted by molar-refractivity contribution is -0.148. The quantitative estimate of drug-likeness (QED) is 0.633. The SMILES string of the molecule is O=C(COC(=O)[C@@H]1COc2ccccc2C1)c1c[nH]c(C(=O)N2CCCC2)c1. The summed E-state index contributed by atoms with van der Waals surface area (Å²) in [5.74, 6) is -0.549. The largest absolute Gasteiger partial charge is 0.492 e. The van der Waals surface area contributed by atoms with Crippen LogP contribution in [0.2, 0.25) is 0 Å². The molecule has 0 aliphatic carbocycles. The maximum Gasteiger partial charge on any atom is 0.313 e. The number of ketones is 1. The first kappa shape index (κ1) is 18.3. The van der Waals surface area contributed by atoms with E-state index in [0.717, 1.165) is 37.2 Å². The Morgan fingerprint density at radius 3 is 2.79 bits per heavy atom. The van der Waals surface area contributed by atoms with Crippen molar-refractivity contribution in [2.45, 2.75) is 19.3 Å². The van der Waals surface area contributed by atoms with Gasteiger partial charge < -0.3 is 19.4 Å². The summed E-state index contributed by atoms with van der Waals surface area (Å²) in [6, 6.07) is 9.09. The lowest BCUT2D eigenvalue weighted by Crippen LogP contribution is -2.31. The van der Waals surface area contributed by atoms with E-state index in [0.29, 0.717) is 17.7 Å². The Hall–Kier alpha value is -3.09. The third kappa shape index (κ3) is 3.78. The molecule has 0 bridgehead atoms. The second kappa shape index (κ2) is 7.88. The van der Waals surface area contributed by atoms with Crippen LogP contribution < -0.4 is 4.74 Å². The van der Waals surface area contributed by atoms with Gasteiger partial charge in [0.15, 0.2) is 6.61 Å². The Morgan fingerprint density at radius 1 is 1.18 bits per heavy atom.